The quantitative estimate of drug-likeness (QED) is 0.688. The number of anilines is 1. The number of carbonyl (C=O) groups is 2. The number of nitrogens with zero attached hydrogens (tertiary/aromatic N) is 2. The minimum atomic E-state index is -0.142. The molecule has 0 aromatic heterocycles. The van der Waals surface area contributed by atoms with Crippen molar-refractivity contribution in [2.45, 2.75) is 19.3 Å². The second kappa shape index (κ2) is 9.18. The average Bonchev–Trinajstić information content (AvgIpc) is 3.16. The van der Waals surface area contributed by atoms with Gasteiger partial charge in [0.2, 0.25) is 5.91 Å². The maximum atomic E-state index is 13.1. The summed E-state index contributed by atoms with van der Waals surface area (Å²) in [5.74, 6) is 1.21. The number of hydrogen-bond donors (Lipinski definition) is 0. The molecular weight excluding hydrogens is 392 g/mol. The van der Waals surface area contributed by atoms with E-state index in [1.165, 1.54) is 0 Å². The van der Waals surface area contributed by atoms with E-state index in [2.05, 4.69) is 0 Å². The molecule has 154 valence electrons. The first-order valence-corrected chi connectivity index (χ1v) is 9.88. The molecule has 0 N–H and O–H groups in total. The Bertz CT molecular complexity index is 916. The van der Waals surface area contributed by atoms with E-state index in [0.717, 1.165) is 12.0 Å². The van der Waals surface area contributed by atoms with Crippen LogP contribution in [-0.4, -0.2) is 51.1 Å². The predicted octanol–water partition coefficient (Wildman–Crippen LogP) is 3.80. The molecule has 2 aromatic carbocycles. The largest absolute Gasteiger partial charge is 0.493 e. The molecule has 0 unspecified atom stereocenters. The van der Waals surface area contributed by atoms with Gasteiger partial charge < -0.3 is 19.3 Å². The molecule has 1 aliphatic heterocycles. The van der Waals surface area contributed by atoms with E-state index in [1.54, 1.807) is 49.3 Å². The maximum absolute atomic E-state index is 13.1. The summed E-state index contributed by atoms with van der Waals surface area (Å²) in [5, 5.41) is 0.504. The number of amides is 2. The van der Waals surface area contributed by atoms with Crippen LogP contribution in [0, 0.1) is 0 Å². The van der Waals surface area contributed by atoms with Gasteiger partial charge in [-0.1, -0.05) is 17.7 Å². The minimum absolute atomic E-state index is 0.0225. The Balaban J connectivity index is 1.75. The van der Waals surface area contributed by atoms with Crippen LogP contribution in [0.2, 0.25) is 5.02 Å². The van der Waals surface area contributed by atoms with E-state index in [4.69, 9.17) is 21.1 Å². The van der Waals surface area contributed by atoms with Gasteiger partial charge in [0.05, 0.1) is 25.5 Å². The third-order valence-corrected chi connectivity index (χ3v) is 5.32. The molecule has 0 atom stereocenters. The molecule has 2 aromatic rings. The molecular formula is C22H25ClN2O4. The molecule has 0 aliphatic carbocycles. The lowest BCUT2D eigenvalue weighted by molar-refractivity contribution is -0.117. The molecule has 6 nitrogen and oxygen atoms in total. The normalized spacial score (nSPS) is 13.5. The highest BCUT2D eigenvalue weighted by atomic mass is 35.5. The summed E-state index contributed by atoms with van der Waals surface area (Å²) < 4.78 is 10.6. The van der Waals surface area contributed by atoms with E-state index in [-0.39, 0.29) is 11.8 Å². The number of carbonyl (C=O) groups excluding carboxylic acids is 2. The van der Waals surface area contributed by atoms with Gasteiger partial charge in [-0.2, -0.15) is 0 Å². The molecule has 1 fully saturated rings. The van der Waals surface area contributed by atoms with Crippen molar-refractivity contribution in [2.75, 3.05) is 39.3 Å². The van der Waals surface area contributed by atoms with Crippen molar-refractivity contribution < 1.29 is 19.1 Å². The summed E-state index contributed by atoms with van der Waals surface area (Å²) in [7, 11) is 4.95. The zero-order chi connectivity index (χ0) is 21.0. The first-order valence-electron chi connectivity index (χ1n) is 9.51. The molecule has 1 aliphatic rings. The van der Waals surface area contributed by atoms with Crippen LogP contribution in [0.3, 0.4) is 0 Å². The van der Waals surface area contributed by atoms with Crippen LogP contribution in [0.4, 0.5) is 5.69 Å². The second-order valence-corrected chi connectivity index (χ2v) is 7.41. The van der Waals surface area contributed by atoms with Crippen LogP contribution in [0.5, 0.6) is 11.5 Å². The molecule has 7 heteroatoms. The second-order valence-electron chi connectivity index (χ2n) is 6.98. The van der Waals surface area contributed by atoms with Gasteiger partial charge in [0, 0.05) is 31.6 Å². The highest BCUT2D eigenvalue weighted by molar-refractivity contribution is 6.31. The Hall–Kier alpha value is -2.73. The lowest BCUT2D eigenvalue weighted by Crippen LogP contribution is -2.32. The van der Waals surface area contributed by atoms with Gasteiger partial charge in [-0.05, 0) is 48.7 Å². The van der Waals surface area contributed by atoms with Crippen molar-refractivity contribution in [3.63, 3.8) is 0 Å². The molecule has 29 heavy (non-hydrogen) atoms. The number of halogens is 1. The fourth-order valence-electron chi connectivity index (χ4n) is 3.45. The first kappa shape index (κ1) is 21.0. The van der Waals surface area contributed by atoms with Gasteiger partial charge in [0.15, 0.2) is 11.5 Å². The minimum Gasteiger partial charge on any atom is -0.493 e. The van der Waals surface area contributed by atoms with Crippen molar-refractivity contribution in [1.82, 2.24) is 4.90 Å². The van der Waals surface area contributed by atoms with Gasteiger partial charge >= 0.3 is 0 Å². The zero-order valence-electron chi connectivity index (χ0n) is 16.9. The third-order valence-electron chi connectivity index (χ3n) is 5.08. The van der Waals surface area contributed by atoms with Gasteiger partial charge in [-0.3, -0.25) is 9.59 Å². The number of likely N-dealkylation sites (N-methyl/N-ethyl adjacent to an activating group) is 1. The Morgan fingerprint density at radius 2 is 1.90 bits per heavy atom. The fraction of sp³-hybridized carbons (Fsp3) is 0.364. The van der Waals surface area contributed by atoms with Crippen LogP contribution in [0.15, 0.2) is 36.4 Å². The molecule has 2 amide bonds. The Morgan fingerprint density at radius 1 is 1.14 bits per heavy atom. The fourth-order valence-corrected chi connectivity index (χ4v) is 3.62. The lowest BCUT2D eigenvalue weighted by atomic mass is 10.1. The highest BCUT2D eigenvalue weighted by Gasteiger charge is 2.27. The zero-order valence-corrected chi connectivity index (χ0v) is 17.7. The standard InChI is InChI=1S/C22H25ClN2O4/c1-24(12-10-15-6-9-19(28-2)20(13-15)29-3)22(27)17-8-7-16(23)14-18(17)25-11-4-5-21(25)26/h6-9,13-14H,4-5,10-12H2,1-3H3. The van der Waals surface area contributed by atoms with Gasteiger partial charge in [0.1, 0.15) is 0 Å². The van der Waals surface area contributed by atoms with Gasteiger partial charge in [0.25, 0.3) is 5.91 Å². The van der Waals surface area contributed by atoms with Crippen LogP contribution in [-0.2, 0) is 11.2 Å². The summed E-state index contributed by atoms with van der Waals surface area (Å²) in [6, 6.07) is 10.8. The molecule has 1 heterocycles. The number of rotatable bonds is 7. The van der Waals surface area contributed by atoms with E-state index in [9.17, 15) is 9.59 Å². The molecule has 0 saturated carbocycles. The van der Waals surface area contributed by atoms with Gasteiger partial charge in [-0.25, -0.2) is 0 Å². The molecule has 0 bridgehead atoms. The summed E-state index contributed by atoms with van der Waals surface area (Å²) in [6.45, 7) is 1.12. The Morgan fingerprint density at radius 3 is 2.55 bits per heavy atom. The summed E-state index contributed by atoms with van der Waals surface area (Å²) in [4.78, 5) is 28.6. The Labute approximate surface area is 176 Å². The molecule has 0 spiro atoms. The van der Waals surface area contributed by atoms with Crippen LogP contribution in [0.25, 0.3) is 0 Å². The molecule has 3 rings (SSSR count). The average molecular weight is 417 g/mol. The van der Waals surface area contributed by atoms with Gasteiger partial charge in [-0.15, -0.1) is 0 Å². The SMILES string of the molecule is COc1ccc(CCN(C)C(=O)c2ccc(Cl)cc2N2CCCC2=O)cc1OC. The van der Waals surface area contributed by atoms with Crippen molar-refractivity contribution in [2.24, 2.45) is 0 Å². The van der Waals surface area contributed by atoms with Crippen molar-refractivity contribution >= 4 is 29.1 Å². The maximum Gasteiger partial charge on any atom is 0.255 e. The van der Waals surface area contributed by atoms with E-state index in [1.807, 2.05) is 18.2 Å². The topological polar surface area (TPSA) is 59.1 Å². The summed E-state index contributed by atoms with van der Waals surface area (Å²) in [5.41, 5.74) is 2.11. The summed E-state index contributed by atoms with van der Waals surface area (Å²) in [6.07, 6.45) is 1.94. The number of hydrogen-bond acceptors (Lipinski definition) is 4. The van der Waals surface area contributed by atoms with Crippen molar-refractivity contribution in [3.05, 3.63) is 52.5 Å². The van der Waals surface area contributed by atoms with E-state index in [0.29, 0.717) is 53.7 Å². The smallest absolute Gasteiger partial charge is 0.255 e. The van der Waals surface area contributed by atoms with Crippen LogP contribution < -0.4 is 14.4 Å². The molecule has 1 saturated heterocycles. The van der Waals surface area contributed by atoms with E-state index >= 15 is 0 Å². The lowest BCUT2D eigenvalue weighted by Gasteiger charge is -2.23. The predicted molar refractivity (Wildman–Crippen MR) is 113 cm³/mol. The van der Waals surface area contributed by atoms with Crippen LogP contribution in [0.1, 0.15) is 28.8 Å². The first-order chi connectivity index (χ1) is 13.9. The number of benzene rings is 2. The van der Waals surface area contributed by atoms with Crippen molar-refractivity contribution in [1.29, 1.82) is 0 Å². The highest BCUT2D eigenvalue weighted by Crippen LogP contribution is 2.30. The van der Waals surface area contributed by atoms with E-state index < -0.39 is 0 Å². The number of ether oxygens (including phenoxy) is 2. The number of methoxy groups -OCH3 is 2. The Kier molecular flexibility index (Phi) is 6.64. The summed E-state index contributed by atoms with van der Waals surface area (Å²) >= 11 is 6.14. The third kappa shape index (κ3) is 4.65. The van der Waals surface area contributed by atoms with Crippen LogP contribution >= 0.6 is 11.6 Å². The molecule has 0 radical (unpaired) electrons. The monoisotopic (exact) mass is 416 g/mol. The van der Waals surface area contributed by atoms with Crippen molar-refractivity contribution in [3.8, 4) is 11.5 Å².